The molecule has 4 nitrogen and oxygen atoms in total. The van der Waals surface area contributed by atoms with Gasteiger partial charge in [-0.2, -0.15) is 0 Å². The first kappa shape index (κ1) is 15.7. The van der Waals surface area contributed by atoms with Gasteiger partial charge in [0.25, 0.3) is 0 Å². The molecule has 0 saturated carbocycles. The SMILES string of the molecule is O=C([O-])[O-].[Ni+2].[O]=[Co]. The van der Waals surface area contributed by atoms with Crippen molar-refractivity contribution in [3.8, 4) is 0 Å². The van der Waals surface area contributed by atoms with Crippen molar-refractivity contribution in [1.29, 1.82) is 0 Å². The van der Waals surface area contributed by atoms with E-state index in [1.807, 2.05) is 0 Å². The van der Waals surface area contributed by atoms with Crippen LogP contribution in [0.1, 0.15) is 0 Å². The molecule has 47 valence electrons. The molecule has 0 saturated heterocycles. The first-order valence-corrected chi connectivity index (χ1v) is 1.17. The van der Waals surface area contributed by atoms with Crippen LogP contribution in [0.15, 0.2) is 0 Å². The molecular weight excluding hydrogens is 194 g/mol. The Balaban J connectivity index is -0.0000000480. The molecule has 0 unspecified atom stereocenters. The fraction of sp³-hybridized carbons (Fsp3) is 0. The van der Waals surface area contributed by atoms with Crippen molar-refractivity contribution in [2.45, 2.75) is 0 Å². The molecule has 0 radical (unpaired) electrons. The maximum absolute atomic E-state index is 8.33. The molecule has 0 atom stereocenters. The standard InChI is InChI=1S/CH2O3.Co.Ni.O/c2-1(3)4;;;/h(H2,2,3,4);;;/q;;+2;/p-2. The molecule has 0 rings (SSSR count). The fourth-order valence-electron chi connectivity index (χ4n) is 0. The maximum atomic E-state index is 8.33. The molecule has 0 aromatic carbocycles. The summed E-state index contributed by atoms with van der Waals surface area (Å²) in [6, 6.07) is 0. The molecule has 0 bridgehead atoms. The molecule has 0 spiro atoms. The predicted octanol–water partition coefficient (Wildman–Crippen LogP) is -2.57. The van der Waals surface area contributed by atoms with Crippen LogP contribution in [0, 0.1) is 0 Å². The van der Waals surface area contributed by atoms with Crippen molar-refractivity contribution in [2.75, 3.05) is 0 Å². The Morgan fingerprint density at radius 1 is 1.29 bits per heavy atom. The van der Waals surface area contributed by atoms with Crippen molar-refractivity contribution in [3.63, 3.8) is 0 Å². The topological polar surface area (TPSA) is 80.3 Å². The third kappa shape index (κ3) is 20500. The van der Waals surface area contributed by atoms with Gasteiger partial charge < -0.3 is 15.0 Å². The summed E-state index contributed by atoms with van der Waals surface area (Å²) in [5.41, 5.74) is 0. The molecule has 0 aliphatic rings. The Kier molecular flexibility index (Phi) is 37.2. The summed E-state index contributed by atoms with van der Waals surface area (Å²) in [6.07, 6.45) is -2.33. The van der Waals surface area contributed by atoms with Gasteiger partial charge in [-0.15, -0.1) is 0 Å². The van der Waals surface area contributed by atoms with Gasteiger partial charge in [0.15, 0.2) is 0 Å². The predicted molar refractivity (Wildman–Crippen MR) is 6.08 cm³/mol. The second-order valence-corrected chi connectivity index (χ2v) is 0.250. The minimum atomic E-state index is -2.33. The van der Waals surface area contributed by atoms with Gasteiger partial charge in [-0.3, -0.25) is 0 Å². The van der Waals surface area contributed by atoms with Crippen molar-refractivity contribution in [1.82, 2.24) is 0 Å². The Labute approximate surface area is 57.6 Å². The Morgan fingerprint density at radius 2 is 1.29 bits per heavy atom. The third-order valence-electron chi connectivity index (χ3n) is 0. The van der Waals surface area contributed by atoms with E-state index in [1.165, 1.54) is 0 Å². The molecule has 0 heterocycles. The quantitative estimate of drug-likeness (QED) is 0.396. The molecule has 0 N–H and O–H groups in total. The van der Waals surface area contributed by atoms with Crippen LogP contribution >= 0.6 is 0 Å². The van der Waals surface area contributed by atoms with Crippen LogP contribution in [0.25, 0.3) is 0 Å². The van der Waals surface area contributed by atoms with E-state index in [4.69, 9.17) is 18.9 Å². The summed E-state index contributed by atoms with van der Waals surface area (Å²) in [5.74, 6) is 0. The van der Waals surface area contributed by atoms with Gasteiger partial charge in [0.1, 0.15) is 0 Å². The number of rotatable bonds is 0. The van der Waals surface area contributed by atoms with Gasteiger partial charge in [0, 0.05) is 0 Å². The van der Waals surface area contributed by atoms with Crippen LogP contribution in [0.4, 0.5) is 4.79 Å². The van der Waals surface area contributed by atoms with Crippen molar-refractivity contribution < 1.29 is 51.0 Å². The second kappa shape index (κ2) is 16.6. The van der Waals surface area contributed by atoms with Crippen LogP contribution in [-0.2, 0) is 36.0 Å². The summed E-state index contributed by atoms with van der Waals surface area (Å²) in [4.78, 5) is 8.33. The van der Waals surface area contributed by atoms with Gasteiger partial charge >= 0.3 is 36.0 Å². The Morgan fingerprint density at radius 3 is 1.29 bits per heavy atom. The van der Waals surface area contributed by atoms with E-state index in [1.54, 1.807) is 0 Å². The summed E-state index contributed by atoms with van der Waals surface area (Å²) in [6.45, 7) is 0. The van der Waals surface area contributed by atoms with Crippen LogP contribution in [-0.4, -0.2) is 6.16 Å². The summed E-state index contributed by atoms with van der Waals surface area (Å²) in [5, 5.41) is 16.7. The minimum absolute atomic E-state index is 0. The van der Waals surface area contributed by atoms with E-state index < -0.39 is 6.16 Å². The van der Waals surface area contributed by atoms with E-state index in [0.29, 0.717) is 0 Å². The van der Waals surface area contributed by atoms with Crippen LogP contribution in [0.5, 0.6) is 0 Å². The molecule has 0 amide bonds. The van der Waals surface area contributed by atoms with Gasteiger partial charge in [0.05, 0.1) is 0 Å². The van der Waals surface area contributed by atoms with E-state index in [-0.39, 0.29) is 16.5 Å². The number of hydrogen-bond donors (Lipinski definition) is 0. The van der Waals surface area contributed by atoms with Crippen molar-refractivity contribution >= 4 is 6.16 Å². The van der Waals surface area contributed by atoms with Gasteiger partial charge in [-0.1, -0.05) is 0 Å². The zero-order chi connectivity index (χ0) is 5.58. The Hall–Kier alpha value is 0.0700. The molecule has 0 aliphatic heterocycles. The van der Waals surface area contributed by atoms with E-state index in [2.05, 4.69) is 15.7 Å². The van der Waals surface area contributed by atoms with E-state index in [0.717, 1.165) is 0 Å². The molecule has 0 aliphatic carbocycles. The first-order valence-electron chi connectivity index (χ1n) is 0.748. The number of carbonyl (C=O) groups is 1. The monoisotopic (exact) mass is 193 g/mol. The summed E-state index contributed by atoms with van der Waals surface area (Å²) < 4.78 is 7.94. The number of carboxylic acid groups (broad SMARTS) is 2. The zero-order valence-corrected chi connectivity index (χ0v) is 4.81. The molecule has 0 aromatic rings. The number of carbonyl (C=O) groups excluding carboxylic acids is 1. The number of hydrogen-bond acceptors (Lipinski definition) is 4. The molecule has 0 fully saturated rings. The zero-order valence-electron chi connectivity index (χ0n) is 2.78. The fourth-order valence-corrected chi connectivity index (χ4v) is 0. The van der Waals surface area contributed by atoms with Crippen LogP contribution in [0.2, 0.25) is 0 Å². The van der Waals surface area contributed by atoms with Crippen molar-refractivity contribution in [2.24, 2.45) is 0 Å². The molecule has 6 heteroatoms. The average Bonchev–Trinajstić information content (AvgIpc) is 1.41. The van der Waals surface area contributed by atoms with E-state index >= 15 is 0 Å². The van der Waals surface area contributed by atoms with Gasteiger partial charge in [-0.25, -0.2) is 0 Å². The summed E-state index contributed by atoms with van der Waals surface area (Å²) in [7, 11) is 0. The molecule has 0 aromatic heterocycles. The van der Waals surface area contributed by atoms with Crippen LogP contribution < -0.4 is 10.2 Å². The van der Waals surface area contributed by atoms with Gasteiger partial charge in [-0.05, 0) is 6.16 Å². The summed E-state index contributed by atoms with van der Waals surface area (Å²) >= 11 is 2.31. The molecular formula is CCoNiO4. The van der Waals surface area contributed by atoms with Crippen molar-refractivity contribution in [3.05, 3.63) is 0 Å². The van der Waals surface area contributed by atoms with Crippen LogP contribution in [0.3, 0.4) is 0 Å². The molecule has 7 heavy (non-hydrogen) atoms. The first-order chi connectivity index (χ1) is 2.73. The van der Waals surface area contributed by atoms with Gasteiger partial charge in [0.2, 0.25) is 0 Å². The average molecular weight is 194 g/mol. The second-order valence-electron chi connectivity index (χ2n) is 0.250. The Bertz CT molecular complexity index is 43.0. The third-order valence-corrected chi connectivity index (χ3v) is 0. The normalized spacial score (nSPS) is 4.14. The van der Waals surface area contributed by atoms with E-state index in [9.17, 15) is 0 Å².